The maximum atomic E-state index is 14.3. The molecule has 29 heavy (non-hydrogen) atoms. The first-order valence-corrected chi connectivity index (χ1v) is 10.1. The van der Waals surface area contributed by atoms with Gasteiger partial charge in [-0.15, -0.1) is 0 Å². The second-order valence-electron chi connectivity index (χ2n) is 7.99. The Morgan fingerprint density at radius 3 is 2.69 bits per heavy atom. The molecule has 2 N–H and O–H groups in total. The summed E-state index contributed by atoms with van der Waals surface area (Å²) in [6.07, 6.45) is 3.60. The second kappa shape index (κ2) is 8.08. The highest BCUT2D eigenvalue weighted by Crippen LogP contribution is 2.35. The molecular weight excluding hydrogens is 371 g/mol. The third-order valence-electron chi connectivity index (χ3n) is 5.93. The molecule has 1 unspecified atom stereocenters. The van der Waals surface area contributed by atoms with Gasteiger partial charge in [0.1, 0.15) is 11.9 Å². The fourth-order valence-electron chi connectivity index (χ4n) is 4.24. The van der Waals surface area contributed by atoms with Crippen molar-refractivity contribution in [3.8, 4) is 0 Å². The average Bonchev–Trinajstić information content (AvgIpc) is 2.72. The average molecular weight is 398 g/mol. The van der Waals surface area contributed by atoms with Gasteiger partial charge in [0.15, 0.2) is 0 Å². The van der Waals surface area contributed by atoms with Gasteiger partial charge in [-0.25, -0.2) is 4.39 Å². The Labute approximate surface area is 170 Å². The van der Waals surface area contributed by atoms with Gasteiger partial charge in [0.2, 0.25) is 0 Å². The van der Waals surface area contributed by atoms with Gasteiger partial charge < -0.3 is 20.3 Å². The Morgan fingerprint density at radius 2 is 2.00 bits per heavy atom. The van der Waals surface area contributed by atoms with E-state index in [1.54, 1.807) is 36.2 Å². The largest absolute Gasteiger partial charge is 0.397 e. The van der Waals surface area contributed by atoms with E-state index in [1.165, 1.54) is 6.07 Å². The van der Waals surface area contributed by atoms with Crippen LogP contribution in [0, 0.1) is 5.82 Å². The van der Waals surface area contributed by atoms with Crippen LogP contribution in [0.15, 0.2) is 42.6 Å². The molecule has 154 valence electrons. The highest BCUT2D eigenvalue weighted by Gasteiger charge is 2.46. The van der Waals surface area contributed by atoms with Crippen molar-refractivity contribution in [3.05, 3.63) is 54.1 Å². The summed E-state index contributed by atoms with van der Waals surface area (Å²) in [5.74, 6) is -0.559. The molecule has 2 aliphatic heterocycles. The Bertz CT molecular complexity index is 865. The highest BCUT2D eigenvalue weighted by atomic mass is 19.1. The lowest BCUT2D eigenvalue weighted by Gasteiger charge is -2.49. The monoisotopic (exact) mass is 398 g/mol. The Hall–Kier alpha value is -2.51. The number of nitrogens with zero attached hydrogens (tertiary/aromatic N) is 3. The lowest BCUT2D eigenvalue weighted by molar-refractivity contribution is -0.161. The van der Waals surface area contributed by atoms with Gasteiger partial charge in [-0.2, -0.15) is 0 Å². The quantitative estimate of drug-likeness (QED) is 0.857. The normalized spacial score (nSPS) is 22.2. The van der Waals surface area contributed by atoms with E-state index in [1.807, 2.05) is 12.1 Å². The first-order valence-electron chi connectivity index (χ1n) is 10.1. The van der Waals surface area contributed by atoms with Crippen molar-refractivity contribution in [1.82, 2.24) is 9.88 Å². The standard InChI is InChI=1S/C22H27FN4O2/c1-16-21(28)27(20-5-3-2-4-19(20)23)15-22(29-16)9-12-26(13-10-22)11-8-18-7-6-17(24)14-25-18/h2-7,14,16H,8-13,15,24H2,1H3. The summed E-state index contributed by atoms with van der Waals surface area (Å²) in [7, 11) is 0. The number of para-hydroxylation sites is 1. The maximum absolute atomic E-state index is 14.3. The van der Waals surface area contributed by atoms with E-state index in [0.717, 1.165) is 44.6 Å². The third kappa shape index (κ3) is 4.26. The van der Waals surface area contributed by atoms with Crippen LogP contribution in [0.1, 0.15) is 25.5 Å². The van der Waals surface area contributed by atoms with E-state index in [0.29, 0.717) is 17.9 Å². The molecule has 2 fully saturated rings. The zero-order valence-corrected chi connectivity index (χ0v) is 16.7. The summed E-state index contributed by atoms with van der Waals surface area (Å²) in [5, 5.41) is 0. The molecule has 1 aromatic carbocycles. The third-order valence-corrected chi connectivity index (χ3v) is 5.93. The first kappa shape index (κ1) is 19.8. The molecule has 1 amide bonds. The molecule has 2 saturated heterocycles. The van der Waals surface area contributed by atoms with Crippen LogP contribution >= 0.6 is 0 Å². The summed E-state index contributed by atoms with van der Waals surface area (Å²) in [6, 6.07) is 10.3. The number of hydrogen-bond acceptors (Lipinski definition) is 5. The number of carbonyl (C=O) groups excluding carboxylic acids is 1. The van der Waals surface area contributed by atoms with Gasteiger partial charge in [-0.3, -0.25) is 9.78 Å². The lowest BCUT2D eigenvalue weighted by atomic mass is 9.88. The number of carbonyl (C=O) groups is 1. The molecule has 0 bridgehead atoms. The zero-order chi connectivity index (χ0) is 20.4. The van der Waals surface area contributed by atoms with Crippen molar-refractivity contribution in [3.63, 3.8) is 0 Å². The van der Waals surface area contributed by atoms with Gasteiger partial charge >= 0.3 is 0 Å². The molecule has 4 rings (SSSR count). The molecule has 2 aromatic rings. The Morgan fingerprint density at radius 1 is 1.24 bits per heavy atom. The van der Waals surface area contributed by atoms with E-state index < -0.39 is 11.7 Å². The van der Waals surface area contributed by atoms with Gasteiger partial charge in [0.05, 0.1) is 29.7 Å². The van der Waals surface area contributed by atoms with Crippen molar-refractivity contribution in [2.24, 2.45) is 0 Å². The number of ether oxygens (including phenoxy) is 1. The van der Waals surface area contributed by atoms with Crippen LogP contribution in [0.4, 0.5) is 15.8 Å². The van der Waals surface area contributed by atoms with Crippen molar-refractivity contribution in [2.75, 3.05) is 36.8 Å². The SMILES string of the molecule is CC1OC2(CCN(CCc3ccc(N)cn3)CC2)CN(c2ccccc2F)C1=O. The molecule has 2 aliphatic rings. The summed E-state index contributed by atoms with van der Waals surface area (Å²) < 4.78 is 20.5. The first-order chi connectivity index (χ1) is 14.0. The molecule has 0 aliphatic carbocycles. The minimum atomic E-state index is -0.575. The second-order valence-corrected chi connectivity index (χ2v) is 7.99. The van der Waals surface area contributed by atoms with E-state index in [2.05, 4.69) is 9.88 Å². The van der Waals surface area contributed by atoms with Crippen LogP contribution < -0.4 is 10.6 Å². The fraction of sp³-hybridized carbons (Fsp3) is 0.455. The Balaban J connectivity index is 1.39. The molecule has 7 heteroatoms. The molecule has 3 heterocycles. The van der Waals surface area contributed by atoms with Gasteiger partial charge in [-0.05, 0) is 44.0 Å². The number of aromatic nitrogens is 1. The highest BCUT2D eigenvalue weighted by molar-refractivity contribution is 5.97. The molecular formula is C22H27FN4O2. The number of halogens is 1. The topological polar surface area (TPSA) is 71.7 Å². The van der Waals surface area contributed by atoms with Crippen molar-refractivity contribution in [1.29, 1.82) is 0 Å². The Kier molecular flexibility index (Phi) is 5.52. The number of nitrogens with two attached hydrogens (primary N) is 1. The van der Waals surface area contributed by atoms with E-state index in [-0.39, 0.29) is 11.7 Å². The van der Waals surface area contributed by atoms with Crippen LogP contribution in [0.2, 0.25) is 0 Å². The molecule has 1 atom stereocenters. The summed E-state index contributed by atoms with van der Waals surface area (Å²) >= 11 is 0. The van der Waals surface area contributed by atoms with Crippen molar-refractivity contribution in [2.45, 2.75) is 37.9 Å². The molecule has 0 radical (unpaired) electrons. The summed E-state index contributed by atoms with van der Waals surface area (Å²) in [6.45, 7) is 4.82. The number of anilines is 2. The van der Waals surface area contributed by atoms with Crippen LogP contribution in [-0.2, 0) is 16.0 Å². The lowest BCUT2D eigenvalue weighted by Crippen LogP contribution is -2.61. The molecule has 0 saturated carbocycles. The number of benzene rings is 1. The number of amides is 1. The fourth-order valence-corrected chi connectivity index (χ4v) is 4.24. The van der Waals surface area contributed by atoms with Gasteiger partial charge in [0.25, 0.3) is 5.91 Å². The summed E-state index contributed by atoms with van der Waals surface area (Å²) in [4.78, 5) is 21.0. The molecule has 1 spiro atoms. The van der Waals surface area contributed by atoms with Crippen LogP contribution in [0.5, 0.6) is 0 Å². The van der Waals surface area contributed by atoms with Crippen LogP contribution in [0.25, 0.3) is 0 Å². The number of piperidine rings is 1. The molecule has 1 aromatic heterocycles. The van der Waals surface area contributed by atoms with E-state index in [4.69, 9.17) is 10.5 Å². The number of rotatable bonds is 4. The smallest absolute Gasteiger partial charge is 0.256 e. The predicted octanol–water partition coefficient (Wildman–Crippen LogP) is 2.63. The predicted molar refractivity (Wildman–Crippen MR) is 110 cm³/mol. The minimum absolute atomic E-state index is 0.183. The molecule has 6 nitrogen and oxygen atoms in total. The van der Waals surface area contributed by atoms with Gasteiger partial charge in [-0.1, -0.05) is 12.1 Å². The number of pyridine rings is 1. The number of likely N-dealkylation sites (tertiary alicyclic amines) is 1. The maximum Gasteiger partial charge on any atom is 0.256 e. The van der Waals surface area contributed by atoms with Crippen LogP contribution in [0.3, 0.4) is 0 Å². The van der Waals surface area contributed by atoms with Crippen molar-refractivity contribution >= 4 is 17.3 Å². The zero-order valence-electron chi connectivity index (χ0n) is 16.7. The number of hydrogen-bond donors (Lipinski definition) is 1. The number of nitrogen functional groups attached to an aromatic ring is 1. The van der Waals surface area contributed by atoms with Gasteiger partial charge in [0, 0.05) is 31.7 Å². The van der Waals surface area contributed by atoms with Crippen LogP contribution in [-0.4, -0.2) is 53.7 Å². The minimum Gasteiger partial charge on any atom is -0.397 e. The number of morpholine rings is 1. The van der Waals surface area contributed by atoms with Crippen molar-refractivity contribution < 1.29 is 13.9 Å². The van der Waals surface area contributed by atoms with E-state index >= 15 is 0 Å². The summed E-state index contributed by atoms with van der Waals surface area (Å²) in [5.41, 5.74) is 7.30. The van der Waals surface area contributed by atoms with E-state index in [9.17, 15) is 9.18 Å².